The lowest BCUT2D eigenvalue weighted by Gasteiger charge is -2.20. The van der Waals surface area contributed by atoms with E-state index in [1.807, 2.05) is 0 Å². The highest BCUT2D eigenvalue weighted by atomic mass is 32.2. The van der Waals surface area contributed by atoms with E-state index in [1.165, 1.54) is 19.4 Å². The van der Waals surface area contributed by atoms with Crippen LogP contribution in [0.4, 0.5) is 4.39 Å². The summed E-state index contributed by atoms with van der Waals surface area (Å²) in [6.45, 7) is 0.729. The van der Waals surface area contributed by atoms with Crippen LogP contribution < -0.4 is 5.14 Å². The predicted molar refractivity (Wildman–Crippen MR) is 66.9 cm³/mol. The summed E-state index contributed by atoms with van der Waals surface area (Å²) in [4.78, 5) is 14.7. The minimum atomic E-state index is -4.11. The van der Waals surface area contributed by atoms with E-state index in [0.29, 0.717) is 0 Å². The summed E-state index contributed by atoms with van der Waals surface area (Å²) in [6, 6.07) is 2.50. The molecule has 0 spiro atoms. The van der Waals surface area contributed by atoms with Crippen molar-refractivity contribution < 1.29 is 27.1 Å². The number of methoxy groups -OCH3 is 1. The van der Waals surface area contributed by atoms with E-state index in [0.717, 1.165) is 13.0 Å². The Morgan fingerprint density at radius 3 is 2.70 bits per heavy atom. The normalized spacial score (nSPS) is 14.6. The number of hydrogen-bond acceptors (Lipinski definition) is 6. The molecule has 1 heterocycles. The van der Waals surface area contributed by atoms with Gasteiger partial charge in [-0.2, -0.15) is 0 Å². The van der Waals surface area contributed by atoms with Gasteiger partial charge in [-0.25, -0.2) is 22.7 Å². The molecule has 0 aliphatic carbocycles. The number of nitrogens with zero attached hydrogens (tertiary/aromatic N) is 1. The first kappa shape index (κ1) is 16.5. The van der Waals surface area contributed by atoms with E-state index in [2.05, 4.69) is 9.72 Å². The standard InChI is InChI=1S/C11H15FN2O5S/c1-7(12)11(19-9(15)6-18-2)10-8(20(13,16)17)4-3-5-14-10/h3-5,7,11H,6H2,1-2H3,(H2,13,16,17)/t7-,11+/m1/s1. The zero-order chi connectivity index (χ0) is 15.3. The van der Waals surface area contributed by atoms with Gasteiger partial charge in [0.05, 0.1) is 0 Å². The fraction of sp³-hybridized carbons (Fsp3) is 0.455. The van der Waals surface area contributed by atoms with Gasteiger partial charge in [0, 0.05) is 13.3 Å². The van der Waals surface area contributed by atoms with Crippen molar-refractivity contribution in [2.75, 3.05) is 13.7 Å². The molecule has 0 aromatic carbocycles. The van der Waals surface area contributed by atoms with E-state index >= 15 is 0 Å². The van der Waals surface area contributed by atoms with Crippen LogP contribution in [0.2, 0.25) is 0 Å². The first-order chi connectivity index (χ1) is 9.27. The molecule has 0 amide bonds. The minimum Gasteiger partial charge on any atom is -0.451 e. The van der Waals surface area contributed by atoms with Gasteiger partial charge in [0.2, 0.25) is 10.0 Å². The Morgan fingerprint density at radius 1 is 1.55 bits per heavy atom. The largest absolute Gasteiger partial charge is 0.451 e. The number of nitrogens with two attached hydrogens (primary N) is 1. The molecular formula is C11H15FN2O5S. The predicted octanol–water partition coefficient (Wildman–Crippen LogP) is 0.318. The smallest absolute Gasteiger partial charge is 0.332 e. The zero-order valence-corrected chi connectivity index (χ0v) is 11.8. The van der Waals surface area contributed by atoms with E-state index in [1.54, 1.807) is 0 Å². The summed E-state index contributed by atoms with van der Waals surface area (Å²) in [5, 5.41) is 5.03. The third-order valence-electron chi connectivity index (χ3n) is 2.31. The third-order valence-corrected chi connectivity index (χ3v) is 3.27. The number of esters is 1. The van der Waals surface area contributed by atoms with Crippen molar-refractivity contribution >= 4 is 16.0 Å². The van der Waals surface area contributed by atoms with Crippen molar-refractivity contribution in [3.05, 3.63) is 24.0 Å². The van der Waals surface area contributed by atoms with Gasteiger partial charge in [0.15, 0.2) is 6.10 Å². The van der Waals surface area contributed by atoms with Crippen molar-refractivity contribution in [1.29, 1.82) is 0 Å². The van der Waals surface area contributed by atoms with Crippen molar-refractivity contribution in [3.8, 4) is 0 Å². The van der Waals surface area contributed by atoms with Gasteiger partial charge >= 0.3 is 5.97 Å². The number of alkyl halides is 1. The van der Waals surface area contributed by atoms with Gasteiger partial charge in [-0.05, 0) is 19.1 Å². The average Bonchev–Trinajstić information content (AvgIpc) is 2.35. The Labute approximate surface area is 115 Å². The molecule has 20 heavy (non-hydrogen) atoms. The number of carbonyl (C=O) groups is 1. The van der Waals surface area contributed by atoms with Gasteiger partial charge in [0.25, 0.3) is 0 Å². The van der Waals surface area contributed by atoms with Crippen LogP contribution in [-0.4, -0.2) is 39.3 Å². The van der Waals surface area contributed by atoms with E-state index < -0.39 is 28.3 Å². The summed E-state index contributed by atoms with van der Waals surface area (Å²) < 4.78 is 45.9. The van der Waals surface area contributed by atoms with Gasteiger partial charge in [0.1, 0.15) is 23.4 Å². The van der Waals surface area contributed by atoms with Gasteiger partial charge in [-0.3, -0.25) is 4.98 Å². The van der Waals surface area contributed by atoms with Crippen LogP contribution in [0.3, 0.4) is 0 Å². The summed E-state index contributed by atoms with van der Waals surface area (Å²) in [6.07, 6.45) is -1.90. The van der Waals surface area contributed by atoms with E-state index in [-0.39, 0.29) is 17.2 Å². The summed E-state index contributed by atoms with van der Waals surface area (Å²) in [5.41, 5.74) is -0.255. The van der Waals surface area contributed by atoms with Crippen LogP contribution in [0.1, 0.15) is 18.7 Å². The molecule has 1 aromatic rings. The number of ether oxygens (including phenoxy) is 2. The maximum absolute atomic E-state index is 13.6. The van der Waals surface area contributed by atoms with Crippen molar-refractivity contribution in [2.24, 2.45) is 5.14 Å². The topological polar surface area (TPSA) is 109 Å². The molecule has 0 aliphatic rings. The number of sulfonamides is 1. The molecule has 0 bridgehead atoms. The van der Waals surface area contributed by atoms with Crippen LogP contribution in [0.25, 0.3) is 0 Å². The second kappa shape index (κ2) is 6.73. The quantitative estimate of drug-likeness (QED) is 0.758. The minimum absolute atomic E-state index is 0.255. The Bertz CT molecular complexity index is 576. The molecule has 0 radical (unpaired) electrons. The molecule has 7 nitrogen and oxygen atoms in total. The zero-order valence-electron chi connectivity index (χ0n) is 10.9. The molecule has 2 atom stereocenters. The Morgan fingerprint density at radius 2 is 2.20 bits per heavy atom. The first-order valence-corrected chi connectivity index (χ1v) is 7.12. The van der Waals surface area contributed by atoms with Gasteiger partial charge in [-0.15, -0.1) is 0 Å². The number of pyridine rings is 1. The van der Waals surface area contributed by atoms with E-state index in [9.17, 15) is 17.6 Å². The molecular weight excluding hydrogens is 291 g/mol. The molecule has 2 N–H and O–H groups in total. The fourth-order valence-corrected chi connectivity index (χ4v) is 2.25. The van der Waals surface area contributed by atoms with E-state index in [4.69, 9.17) is 9.88 Å². The number of rotatable bonds is 6. The summed E-state index contributed by atoms with van der Waals surface area (Å²) >= 11 is 0. The SMILES string of the molecule is COCC(=O)O[C@H](c1ncccc1S(N)(=O)=O)[C@@H](C)F. The Hall–Kier alpha value is -1.58. The lowest BCUT2D eigenvalue weighted by Crippen LogP contribution is -2.25. The van der Waals surface area contributed by atoms with Crippen molar-refractivity contribution in [3.63, 3.8) is 0 Å². The second-order valence-corrected chi connectivity index (χ2v) is 5.48. The van der Waals surface area contributed by atoms with Crippen LogP contribution in [-0.2, 0) is 24.3 Å². The monoisotopic (exact) mass is 306 g/mol. The number of primary sulfonamides is 1. The fourth-order valence-electron chi connectivity index (χ4n) is 1.52. The van der Waals surface area contributed by atoms with Crippen LogP contribution in [0.15, 0.2) is 23.2 Å². The molecule has 9 heteroatoms. The third kappa shape index (κ3) is 4.22. The van der Waals surface area contributed by atoms with Gasteiger partial charge < -0.3 is 9.47 Å². The van der Waals surface area contributed by atoms with Crippen molar-refractivity contribution in [1.82, 2.24) is 4.98 Å². The number of carbonyl (C=O) groups excluding carboxylic acids is 1. The second-order valence-electron chi connectivity index (χ2n) is 3.95. The molecule has 112 valence electrons. The highest BCUT2D eigenvalue weighted by Gasteiger charge is 2.30. The number of hydrogen-bond donors (Lipinski definition) is 1. The molecule has 1 aromatic heterocycles. The average molecular weight is 306 g/mol. The van der Waals surface area contributed by atoms with Crippen LogP contribution in [0.5, 0.6) is 0 Å². The molecule has 0 saturated carbocycles. The summed E-state index contributed by atoms with van der Waals surface area (Å²) in [5.74, 6) is -0.840. The highest BCUT2D eigenvalue weighted by molar-refractivity contribution is 7.89. The maximum Gasteiger partial charge on any atom is 0.332 e. The lowest BCUT2D eigenvalue weighted by atomic mass is 10.1. The van der Waals surface area contributed by atoms with Crippen LogP contribution in [0, 0.1) is 0 Å². The lowest BCUT2D eigenvalue weighted by molar-refractivity contribution is -0.157. The molecule has 0 fully saturated rings. The summed E-state index contributed by atoms with van der Waals surface area (Å²) in [7, 11) is -2.84. The molecule has 1 rings (SSSR count). The molecule has 0 unspecified atom stereocenters. The molecule has 0 aliphatic heterocycles. The van der Waals surface area contributed by atoms with Crippen LogP contribution >= 0.6 is 0 Å². The number of halogens is 1. The molecule has 0 saturated heterocycles. The maximum atomic E-state index is 13.6. The first-order valence-electron chi connectivity index (χ1n) is 5.57. The van der Waals surface area contributed by atoms with Crippen molar-refractivity contribution in [2.45, 2.75) is 24.1 Å². The Balaban J connectivity index is 3.20. The Kier molecular flexibility index (Phi) is 5.54. The number of aromatic nitrogens is 1. The highest BCUT2D eigenvalue weighted by Crippen LogP contribution is 2.27. The van der Waals surface area contributed by atoms with Gasteiger partial charge in [-0.1, -0.05) is 0 Å².